The lowest BCUT2D eigenvalue weighted by Gasteiger charge is -2.33. The molecule has 0 unspecified atom stereocenters. The van der Waals surface area contributed by atoms with Crippen molar-refractivity contribution in [1.82, 2.24) is 19.9 Å². The first-order valence-electron chi connectivity index (χ1n) is 11.9. The van der Waals surface area contributed by atoms with Crippen molar-refractivity contribution in [2.75, 3.05) is 24.6 Å². The maximum atomic E-state index is 15.0. The highest BCUT2D eigenvalue weighted by atomic mass is 19.4. The Balaban J connectivity index is 1.56. The number of benzene rings is 1. The van der Waals surface area contributed by atoms with E-state index in [1.54, 1.807) is 20.1 Å². The lowest BCUT2D eigenvalue weighted by atomic mass is 10.1. The summed E-state index contributed by atoms with van der Waals surface area (Å²) in [4.78, 5) is 24.5. The van der Waals surface area contributed by atoms with Crippen LogP contribution in [0.2, 0.25) is 0 Å². The van der Waals surface area contributed by atoms with Gasteiger partial charge >= 0.3 is 6.18 Å². The van der Waals surface area contributed by atoms with Crippen molar-refractivity contribution in [3.05, 3.63) is 52.7 Å². The number of halogens is 4. The van der Waals surface area contributed by atoms with Crippen molar-refractivity contribution in [1.29, 1.82) is 0 Å². The summed E-state index contributed by atoms with van der Waals surface area (Å²) < 4.78 is 60.4. The van der Waals surface area contributed by atoms with Crippen LogP contribution in [0.3, 0.4) is 0 Å². The first kappa shape index (κ1) is 25.0. The van der Waals surface area contributed by atoms with Gasteiger partial charge in [-0.05, 0) is 44.9 Å². The van der Waals surface area contributed by atoms with E-state index in [4.69, 9.17) is 10.5 Å². The van der Waals surface area contributed by atoms with Crippen LogP contribution in [-0.2, 0) is 10.9 Å². The number of hydrogen-bond donors (Lipinski definition) is 1. The molecule has 2 aliphatic rings. The van der Waals surface area contributed by atoms with E-state index in [-0.39, 0.29) is 28.4 Å². The SMILES string of the molecule is Cc1nc2nc(N3CCO[C@@H](/C(C=NC4CC4)=C/N)C3)nc(-c3ccc(C(F)(F)F)cc3F)c2nc1C. The molecular formula is C25H25F4N7O. The quantitative estimate of drug-likeness (QED) is 0.402. The molecule has 1 aliphatic heterocycles. The van der Waals surface area contributed by atoms with E-state index in [9.17, 15) is 13.2 Å². The van der Waals surface area contributed by atoms with Crippen LogP contribution in [0.5, 0.6) is 0 Å². The summed E-state index contributed by atoms with van der Waals surface area (Å²) in [5, 5.41) is 0. The number of alkyl halides is 3. The number of nitrogens with zero attached hydrogens (tertiary/aromatic N) is 6. The van der Waals surface area contributed by atoms with Gasteiger partial charge in [0.05, 0.1) is 36.1 Å². The molecule has 37 heavy (non-hydrogen) atoms. The van der Waals surface area contributed by atoms with Crippen molar-refractivity contribution in [3.63, 3.8) is 0 Å². The molecule has 0 radical (unpaired) electrons. The van der Waals surface area contributed by atoms with Crippen LogP contribution in [0.25, 0.3) is 22.4 Å². The van der Waals surface area contributed by atoms with Gasteiger partial charge in [-0.15, -0.1) is 0 Å². The highest BCUT2D eigenvalue weighted by Crippen LogP contribution is 2.35. The first-order chi connectivity index (χ1) is 17.6. The maximum Gasteiger partial charge on any atom is 0.416 e. The van der Waals surface area contributed by atoms with E-state index < -0.39 is 23.7 Å². The number of aromatic nitrogens is 4. The number of aliphatic imine (C=N–C) groups is 1. The maximum absolute atomic E-state index is 15.0. The van der Waals surface area contributed by atoms with Gasteiger partial charge in [-0.25, -0.2) is 19.3 Å². The predicted molar refractivity (Wildman–Crippen MR) is 131 cm³/mol. The van der Waals surface area contributed by atoms with Crippen LogP contribution in [0.1, 0.15) is 29.8 Å². The summed E-state index contributed by atoms with van der Waals surface area (Å²) in [7, 11) is 0. The number of ether oxygens (including phenoxy) is 1. The second kappa shape index (κ2) is 9.66. The largest absolute Gasteiger partial charge is 0.416 e. The number of fused-ring (bicyclic) bond motifs is 1. The summed E-state index contributed by atoms with van der Waals surface area (Å²) in [5.74, 6) is -0.826. The Bertz CT molecular complexity index is 1400. The number of rotatable bonds is 5. The fourth-order valence-electron chi connectivity index (χ4n) is 3.99. The summed E-state index contributed by atoms with van der Waals surface area (Å²) in [6.45, 7) is 4.64. The number of anilines is 1. The van der Waals surface area contributed by atoms with Crippen molar-refractivity contribution in [3.8, 4) is 11.3 Å². The van der Waals surface area contributed by atoms with Crippen molar-refractivity contribution in [2.45, 2.75) is 45.0 Å². The molecule has 3 aromatic rings. The zero-order chi connectivity index (χ0) is 26.3. The van der Waals surface area contributed by atoms with E-state index in [0.717, 1.165) is 30.5 Å². The lowest BCUT2D eigenvalue weighted by Crippen LogP contribution is -2.44. The molecule has 1 aromatic carbocycles. The van der Waals surface area contributed by atoms with Crippen LogP contribution in [0, 0.1) is 19.7 Å². The van der Waals surface area contributed by atoms with Gasteiger partial charge in [0.2, 0.25) is 5.95 Å². The fourth-order valence-corrected chi connectivity index (χ4v) is 3.99. The van der Waals surface area contributed by atoms with Gasteiger partial charge in [0.15, 0.2) is 5.65 Å². The molecule has 2 N–H and O–H groups in total. The minimum atomic E-state index is -4.67. The molecule has 1 saturated heterocycles. The Kier molecular flexibility index (Phi) is 6.52. The van der Waals surface area contributed by atoms with Gasteiger partial charge in [0.1, 0.15) is 23.1 Å². The summed E-state index contributed by atoms with van der Waals surface area (Å²) in [6, 6.07) is 2.67. The number of hydrogen-bond acceptors (Lipinski definition) is 8. The van der Waals surface area contributed by atoms with Crippen LogP contribution >= 0.6 is 0 Å². The standard InChI is InChI=1S/C25H25F4N7O/c1-13-14(2)33-23-22(32-13)21(18-6-3-16(9-19(18)26)25(27,28)29)34-24(35-23)36-7-8-37-20(12-36)15(10-30)11-31-17-4-5-17/h3,6,9-11,17,20H,4-5,7-8,12,30H2,1-2H3/b15-10+,31-11?/t20-/m1/s1. The molecule has 12 heteroatoms. The van der Waals surface area contributed by atoms with E-state index in [0.29, 0.717) is 43.2 Å². The molecule has 0 bridgehead atoms. The van der Waals surface area contributed by atoms with E-state index in [2.05, 4.69) is 24.9 Å². The summed E-state index contributed by atoms with van der Waals surface area (Å²) >= 11 is 0. The fraction of sp³-hybridized carbons (Fsp3) is 0.400. The molecule has 1 saturated carbocycles. The first-order valence-corrected chi connectivity index (χ1v) is 11.9. The normalized spacial score (nSPS) is 19.2. The second-order valence-electron chi connectivity index (χ2n) is 9.11. The van der Waals surface area contributed by atoms with Gasteiger partial charge in [-0.3, -0.25) is 4.99 Å². The topological polar surface area (TPSA) is 102 Å². The number of morpholine rings is 1. The molecule has 3 heterocycles. The Hall–Kier alpha value is -3.67. The van der Waals surface area contributed by atoms with Crippen molar-refractivity contribution in [2.24, 2.45) is 10.7 Å². The zero-order valence-electron chi connectivity index (χ0n) is 20.3. The number of nitrogens with two attached hydrogens (primary N) is 1. The minimum absolute atomic E-state index is 0.0646. The Morgan fingerprint density at radius 2 is 1.89 bits per heavy atom. The van der Waals surface area contributed by atoms with Gasteiger partial charge in [-0.2, -0.15) is 18.2 Å². The predicted octanol–water partition coefficient (Wildman–Crippen LogP) is 4.14. The Labute approximate surface area is 210 Å². The van der Waals surface area contributed by atoms with Gasteiger partial charge in [-0.1, -0.05) is 0 Å². The summed E-state index contributed by atoms with van der Waals surface area (Å²) in [6.07, 6.45) is 0.235. The third-order valence-electron chi connectivity index (χ3n) is 6.38. The second-order valence-corrected chi connectivity index (χ2v) is 9.11. The molecular weight excluding hydrogens is 490 g/mol. The van der Waals surface area contributed by atoms with Gasteiger partial charge < -0.3 is 15.4 Å². The van der Waals surface area contributed by atoms with Crippen LogP contribution in [-0.4, -0.2) is 58.0 Å². The van der Waals surface area contributed by atoms with Crippen LogP contribution < -0.4 is 10.6 Å². The monoisotopic (exact) mass is 515 g/mol. The van der Waals surface area contributed by atoms with Crippen LogP contribution in [0.15, 0.2) is 35.0 Å². The third kappa shape index (κ3) is 5.24. The van der Waals surface area contributed by atoms with E-state index in [1.165, 1.54) is 6.20 Å². The smallest absolute Gasteiger partial charge is 0.404 e. The number of aryl methyl sites for hydroxylation is 2. The average Bonchev–Trinajstić information content (AvgIpc) is 3.69. The average molecular weight is 516 g/mol. The van der Waals surface area contributed by atoms with E-state index in [1.807, 2.05) is 4.90 Å². The lowest BCUT2D eigenvalue weighted by molar-refractivity contribution is -0.137. The molecule has 2 fully saturated rings. The summed E-state index contributed by atoms with van der Waals surface area (Å²) in [5.41, 5.74) is 7.04. The van der Waals surface area contributed by atoms with E-state index >= 15 is 4.39 Å². The highest BCUT2D eigenvalue weighted by Gasteiger charge is 2.32. The zero-order valence-corrected chi connectivity index (χ0v) is 20.3. The molecule has 1 atom stereocenters. The highest BCUT2D eigenvalue weighted by molar-refractivity contribution is 5.88. The van der Waals surface area contributed by atoms with Crippen molar-refractivity contribution < 1.29 is 22.3 Å². The molecule has 5 rings (SSSR count). The molecule has 0 spiro atoms. The van der Waals surface area contributed by atoms with Crippen LogP contribution in [0.4, 0.5) is 23.5 Å². The molecule has 194 valence electrons. The van der Waals surface area contributed by atoms with Gasteiger partial charge in [0, 0.05) is 30.1 Å². The molecule has 1 aliphatic carbocycles. The molecule has 8 nitrogen and oxygen atoms in total. The van der Waals surface area contributed by atoms with Crippen molar-refractivity contribution >= 4 is 23.3 Å². The molecule has 2 aromatic heterocycles. The third-order valence-corrected chi connectivity index (χ3v) is 6.38. The van der Waals surface area contributed by atoms with Gasteiger partial charge in [0.25, 0.3) is 0 Å². The molecule has 0 amide bonds. The Morgan fingerprint density at radius 1 is 1.14 bits per heavy atom. The minimum Gasteiger partial charge on any atom is -0.404 e. The Morgan fingerprint density at radius 3 is 2.57 bits per heavy atom.